The average molecular weight is 306 g/mol. The fourth-order valence-corrected chi connectivity index (χ4v) is 2.48. The van der Waals surface area contributed by atoms with E-state index in [0.717, 1.165) is 17.7 Å². The number of carbonyl (C=O) groups is 1. The summed E-state index contributed by atoms with van der Waals surface area (Å²) in [4.78, 5) is 11.4. The summed E-state index contributed by atoms with van der Waals surface area (Å²) in [6.45, 7) is 0.0399. The predicted molar refractivity (Wildman–Crippen MR) is 79.1 cm³/mol. The molecule has 1 heterocycles. The van der Waals surface area contributed by atoms with Gasteiger partial charge in [0.15, 0.2) is 0 Å². The SMILES string of the molecule is O=C1CCc2ccc(OCc3c(F)cccc3Cl)cc2N1. The number of benzene rings is 2. The number of nitrogens with one attached hydrogen (secondary N) is 1. The molecule has 1 aliphatic heterocycles. The Morgan fingerprint density at radius 1 is 1.24 bits per heavy atom. The summed E-state index contributed by atoms with van der Waals surface area (Å²) >= 11 is 5.95. The van der Waals surface area contributed by atoms with Crippen molar-refractivity contribution < 1.29 is 13.9 Å². The second-order valence-electron chi connectivity index (χ2n) is 4.86. The monoisotopic (exact) mass is 305 g/mol. The van der Waals surface area contributed by atoms with E-state index >= 15 is 0 Å². The van der Waals surface area contributed by atoms with E-state index in [2.05, 4.69) is 5.32 Å². The van der Waals surface area contributed by atoms with Crippen LogP contribution in [0, 0.1) is 5.82 Å². The zero-order chi connectivity index (χ0) is 14.8. The number of hydrogen-bond acceptors (Lipinski definition) is 2. The van der Waals surface area contributed by atoms with Crippen molar-refractivity contribution in [2.45, 2.75) is 19.4 Å². The van der Waals surface area contributed by atoms with Gasteiger partial charge in [-0.05, 0) is 30.2 Å². The van der Waals surface area contributed by atoms with Crippen molar-refractivity contribution in [3.63, 3.8) is 0 Å². The number of aryl methyl sites for hydroxylation is 1. The first kappa shape index (κ1) is 13.9. The third kappa shape index (κ3) is 3.00. The lowest BCUT2D eigenvalue weighted by Gasteiger charge is -2.18. The molecule has 0 bridgehead atoms. The van der Waals surface area contributed by atoms with E-state index in [0.29, 0.717) is 22.8 Å². The highest BCUT2D eigenvalue weighted by molar-refractivity contribution is 6.31. The van der Waals surface area contributed by atoms with Crippen LogP contribution in [0.2, 0.25) is 5.02 Å². The van der Waals surface area contributed by atoms with Crippen molar-refractivity contribution in [1.82, 2.24) is 0 Å². The molecule has 0 radical (unpaired) electrons. The predicted octanol–water partition coefficient (Wildman–Crippen LogP) is 3.94. The third-order valence-electron chi connectivity index (χ3n) is 3.42. The maximum atomic E-state index is 13.7. The summed E-state index contributed by atoms with van der Waals surface area (Å²) in [6, 6.07) is 9.99. The third-order valence-corrected chi connectivity index (χ3v) is 3.78. The van der Waals surface area contributed by atoms with Gasteiger partial charge in [0.1, 0.15) is 18.2 Å². The van der Waals surface area contributed by atoms with Crippen molar-refractivity contribution in [1.29, 1.82) is 0 Å². The Morgan fingerprint density at radius 2 is 2.10 bits per heavy atom. The van der Waals surface area contributed by atoms with Crippen LogP contribution in [-0.4, -0.2) is 5.91 Å². The molecule has 2 aromatic carbocycles. The lowest BCUT2D eigenvalue weighted by molar-refractivity contribution is -0.116. The van der Waals surface area contributed by atoms with Crippen LogP contribution in [-0.2, 0) is 17.8 Å². The Hall–Kier alpha value is -2.07. The zero-order valence-corrected chi connectivity index (χ0v) is 11.9. The molecule has 108 valence electrons. The van der Waals surface area contributed by atoms with Gasteiger partial charge in [0.05, 0.1) is 5.02 Å². The molecule has 0 spiro atoms. The van der Waals surface area contributed by atoms with Crippen molar-refractivity contribution in [2.24, 2.45) is 0 Å². The number of ether oxygens (including phenoxy) is 1. The molecule has 2 aromatic rings. The largest absolute Gasteiger partial charge is 0.489 e. The molecular weight excluding hydrogens is 293 g/mol. The van der Waals surface area contributed by atoms with Gasteiger partial charge in [-0.1, -0.05) is 23.7 Å². The van der Waals surface area contributed by atoms with E-state index in [9.17, 15) is 9.18 Å². The second kappa shape index (κ2) is 5.74. The van der Waals surface area contributed by atoms with Crippen LogP contribution < -0.4 is 10.1 Å². The minimum Gasteiger partial charge on any atom is -0.489 e. The number of amides is 1. The Morgan fingerprint density at radius 3 is 2.90 bits per heavy atom. The van der Waals surface area contributed by atoms with Gasteiger partial charge in [-0.3, -0.25) is 4.79 Å². The van der Waals surface area contributed by atoms with Crippen LogP contribution in [0.5, 0.6) is 5.75 Å². The molecule has 0 aliphatic carbocycles. The minimum atomic E-state index is -0.395. The molecule has 5 heteroatoms. The lowest BCUT2D eigenvalue weighted by atomic mass is 10.0. The molecule has 0 fully saturated rings. The maximum absolute atomic E-state index is 13.7. The molecule has 3 nitrogen and oxygen atoms in total. The van der Waals surface area contributed by atoms with E-state index < -0.39 is 5.82 Å². The molecular formula is C16H13ClFNO2. The number of hydrogen-bond donors (Lipinski definition) is 1. The molecule has 0 aromatic heterocycles. The molecule has 0 unspecified atom stereocenters. The Labute approximate surface area is 126 Å². The van der Waals surface area contributed by atoms with Crippen molar-refractivity contribution in [3.8, 4) is 5.75 Å². The van der Waals surface area contributed by atoms with Gasteiger partial charge < -0.3 is 10.1 Å². The molecule has 3 rings (SSSR count). The highest BCUT2D eigenvalue weighted by Crippen LogP contribution is 2.28. The molecule has 1 aliphatic rings. The van der Waals surface area contributed by atoms with Gasteiger partial charge >= 0.3 is 0 Å². The number of anilines is 1. The highest BCUT2D eigenvalue weighted by atomic mass is 35.5. The van der Waals surface area contributed by atoms with E-state index in [1.54, 1.807) is 18.2 Å². The molecule has 1 amide bonds. The number of carbonyl (C=O) groups excluding carboxylic acids is 1. The van der Waals surface area contributed by atoms with Crippen LogP contribution >= 0.6 is 11.6 Å². The number of rotatable bonds is 3. The molecule has 0 saturated carbocycles. The van der Waals surface area contributed by atoms with Gasteiger partial charge in [0.2, 0.25) is 5.91 Å². The smallest absolute Gasteiger partial charge is 0.224 e. The normalized spacial score (nSPS) is 13.5. The summed E-state index contributed by atoms with van der Waals surface area (Å²) in [5.41, 5.74) is 2.15. The number of fused-ring (bicyclic) bond motifs is 1. The van der Waals surface area contributed by atoms with Gasteiger partial charge in [0, 0.05) is 23.7 Å². The minimum absolute atomic E-state index is 0.00296. The van der Waals surface area contributed by atoms with Crippen LogP contribution in [0.25, 0.3) is 0 Å². The molecule has 0 atom stereocenters. The van der Waals surface area contributed by atoms with Crippen LogP contribution in [0.1, 0.15) is 17.5 Å². The summed E-state index contributed by atoms with van der Waals surface area (Å²) in [7, 11) is 0. The van der Waals surface area contributed by atoms with E-state index in [4.69, 9.17) is 16.3 Å². The topological polar surface area (TPSA) is 38.3 Å². The second-order valence-corrected chi connectivity index (χ2v) is 5.26. The lowest BCUT2D eigenvalue weighted by Crippen LogP contribution is -2.18. The van der Waals surface area contributed by atoms with Gasteiger partial charge in [-0.2, -0.15) is 0 Å². The Balaban J connectivity index is 1.77. The van der Waals surface area contributed by atoms with E-state index in [1.807, 2.05) is 12.1 Å². The molecule has 1 N–H and O–H groups in total. The zero-order valence-electron chi connectivity index (χ0n) is 11.2. The molecule has 0 saturated heterocycles. The van der Waals surface area contributed by atoms with E-state index in [1.165, 1.54) is 6.07 Å². The van der Waals surface area contributed by atoms with E-state index in [-0.39, 0.29) is 12.5 Å². The summed E-state index contributed by atoms with van der Waals surface area (Å²) in [5, 5.41) is 3.14. The average Bonchev–Trinajstić information content (AvgIpc) is 2.46. The first-order valence-corrected chi connectivity index (χ1v) is 7.00. The number of halogens is 2. The van der Waals surface area contributed by atoms with Crippen LogP contribution in [0.4, 0.5) is 10.1 Å². The standard InChI is InChI=1S/C16H13ClFNO2/c17-13-2-1-3-14(18)12(13)9-21-11-6-4-10-5-7-16(20)19-15(10)8-11/h1-4,6,8H,5,7,9H2,(H,19,20). The van der Waals surface area contributed by atoms with Crippen LogP contribution in [0.15, 0.2) is 36.4 Å². The first-order valence-electron chi connectivity index (χ1n) is 6.62. The van der Waals surface area contributed by atoms with Crippen LogP contribution in [0.3, 0.4) is 0 Å². The van der Waals surface area contributed by atoms with Gasteiger partial charge in [0.25, 0.3) is 0 Å². The van der Waals surface area contributed by atoms with Crippen molar-refractivity contribution >= 4 is 23.2 Å². The van der Waals surface area contributed by atoms with Crippen molar-refractivity contribution in [2.75, 3.05) is 5.32 Å². The van der Waals surface area contributed by atoms with Gasteiger partial charge in [-0.25, -0.2) is 4.39 Å². The summed E-state index contributed by atoms with van der Waals surface area (Å²) in [5.74, 6) is 0.167. The summed E-state index contributed by atoms with van der Waals surface area (Å²) < 4.78 is 19.2. The van der Waals surface area contributed by atoms with Gasteiger partial charge in [-0.15, -0.1) is 0 Å². The first-order chi connectivity index (χ1) is 10.1. The Kier molecular flexibility index (Phi) is 3.80. The Bertz CT molecular complexity index is 682. The quantitative estimate of drug-likeness (QED) is 0.932. The van der Waals surface area contributed by atoms with Crippen molar-refractivity contribution in [3.05, 3.63) is 58.4 Å². The summed E-state index contributed by atoms with van der Waals surface area (Å²) in [6.07, 6.45) is 1.22. The highest BCUT2D eigenvalue weighted by Gasteiger charge is 2.15. The molecule has 21 heavy (non-hydrogen) atoms. The fourth-order valence-electron chi connectivity index (χ4n) is 2.27. The fraction of sp³-hybridized carbons (Fsp3) is 0.188. The maximum Gasteiger partial charge on any atom is 0.224 e.